The lowest BCUT2D eigenvalue weighted by Gasteiger charge is -2.37. The number of carbonyl (C=O) groups excluding carboxylic acids is 3. The van der Waals surface area contributed by atoms with Crippen LogP contribution in [0.15, 0.2) is 77.8 Å². The third-order valence-electron chi connectivity index (χ3n) is 7.31. The quantitative estimate of drug-likeness (QED) is 0.514. The molecule has 5 rings (SSSR count). The van der Waals surface area contributed by atoms with E-state index < -0.39 is 18.1 Å². The van der Waals surface area contributed by atoms with E-state index in [-0.39, 0.29) is 12.5 Å². The lowest BCUT2D eigenvalue weighted by atomic mass is 10.0. The number of hydrogen-bond donors (Lipinski definition) is 2. The fraction of sp³-hybridized carbons (Fsp3) is 0.290. The standard InChI is InChI=1S/C31H34N6O3/c1-21-9-7-11-24(19-21)33-31(40)34-29-30(39)37(28-22(2)10-8-14-26(28)23(3)32-29)20-27(38)36-17-15-35(16-18-36)25-12-5-4-6-13-25/h4-14,19,29H,15-18,20H2,1-3H3,(H2,33,34,40). The van der Waals surface area contributed by atoms with E-state index in [2.05, 4.69) is 32.7 Å². The van der Waals surface area contributed by atoms with Crippen LogP contribution in [0.1, 0.15) is 23.6 Å². The molecule has 206 valence electrons. The first-order valence-electron chi connectivity index (χ1n) is 13.5. The molecule has 0 radical (unpaired) electrons. The van der Waals surface area contributed by atoms with Gasteiger partial charge < -0.3 is 20.4 Å². The van der Waals surface area contributed by atoms with Crippen molar-refractivity contribution in [3.63, 3.8) is 0 Å². The van der Waals surface area contributed by atoms with E-state index in [0.29, 0.717) is 43.3 Å². The van der Waals surface area contributed by atoms with Crippen molar-refractivity contribution in [1.82, 2.24) is 10.2 Å². The minimum absolute atomic E-state index is 0.136. The van der Waals surface area contributed by atoms with Crippen molar-refractivity contribution in [2.75, 3.05) is 47.8 Å². The number of anilines is 3. The van der Waals surface area contributed by atoms with Gasteiger partial charge in [0.1, 0.15) is 6.54 Å². The van der Waals surface area contributed by atoms with E-state index in [1.807, 2.05) is 75.4 Å². The number of carbonyl (C=O) groups is 3. The van der Waals surface area contributed by atoms with Crippen LogP contribution >= 0.6 is 0 Å². The Hall–Kier alpha value is -4.66. The summed E-state index contributed by atoms with van der Waals surface area (Å²) in [5.74, 6) is -0.596. The number of fused-ring (bicyclic) bond motifs is 1. The first kappa shape index (κ1) is 26.9. The van der Waals surface area contributed by atoms with Gasteiger partial charge in [-0.25, -0.2) is 4.79 Å². The number of piperazine rings is 1. The van der Waals surface area contributed by atoms with Crippen molar-refractivity contribution >= 4 is 40.6 Å². The van der Waals surface area contributed by atoms with Gasteiger partial charge in [0, 0.05) is 48.8 Å². The van der Waals surface area contributed by atoms with Gasteiger partial charge in [0.05, 0.1) is 5.69 Å². The first-order valence-corrected chi connectivity index (χ1v) is 13.5. The summed E-state index contributed by atoms with van der Waals surface area (Å²) in [5, 5.41) is 5.48. The highest BCUT2D eigenvalue weighted by atomic mass is 16.2. The predicted octanol–water partition coefficient (Wildman–Crippen LogP) is 3.96. The van der Waals surface area contributed by atoms with Gasteiger partial charge in [-0.1, -0.05) is 48.5 Å². The summed E-state index contributed by atoms with van der Waals surface area (Å²) >= 11 is 0. The molecule has 0 aromatic heterocycles. The highest BCUT2D eigenvalue weighted by Gasteiger charge is 2.35. The van der Waals surface area contributed by atoms with Crippen molar-refractivity contribution in [1.29, 1.82) is 0 Å². The molecule has 2 N–H and O–H groups in total. The Bertz CT molecular complexity index is 1450. The summed E-state index contributed by atoms with van der Waals surface area (Å²) in [6, 6.07) is 22.7. The number of aliphatic imine (C=N–C) groups is 1. The maximum absolute atomic E-state index is 13.9. The van der Waals surface area contributed by atoms with E-state index in [4.69, 9.17) is 0 Å². The van der Waals surface area contributed by atoms with Gasteiger partial charge in [-0.2, -0.15) is 0 Å². The van der Waals surface area contributed by atoms with E-state index in [9.17, 15) is 14.4 Å². The molecule has 40 heavy (non-hydrogen) atoms. The summed E-state index contributed by atoms with van der Waals surface area (Å²) in [7, 11) is 0. The van der Waals surface area contributed by atoms with E-state index in [0.717, 1.165) is 22.4 Å². The van der Waals surface area contributed by atoms with Crippen LogP contribution in [-0.2, 0) is 9.59 Å². The van der Waals surface area contributed by atoms with Crippen molar-refractivity contribution in [2.45, 2.75) is 26.9 Å². The summed E-state index contributed by atoms with van der Waals surface area (Å²) in [6.45, 7) is 8.07. The molecule has 0 aliphatic carbocycles. The molecular weight excluding hydrogens is 504 g/mol. The fourth-order valence-electron chi connectivity index (χ4n) is 5.24. The van der Waals surface area contributed by atoms with Crippen LogP contribution in [0, 0.1) is 13.8 Å². The average molecular weight is 539 g/mol. The zero-order valence-corrected chi connectivity index (χ0v) is 23.1. The Balaban J connectivity index is 1.34. The molecule has 2 aliphatic heterocycles. The molecule has 1 atom stereocenters. The van der Waals surface area contributed by atoms with Crippen LogP contribution in [0.2, 0.25) is 0 Å². The van der Waals surface area contributed by atoms with Gasteiger partial charge in [0.15, 0.2) is 0 Å². The van der Waals surface area contributed by atoms with E-state index in [1.165, 1.54) is 4.90 Å². The Labute approximate surface area is 234 Å². The predicted molar refractivity (Wildman–Crippen MR) is 158 cm³/mol. The third kappa shape index (κ3) is 5.83. The highest BCUT2D eigenvalue weighted by molar-refractivity contribution is 6.14. The van der Waals surface area contributed by atoms with Crippen molar-refractivity contribution in [3.8, 4) is 0 Å². The molecule has 0 bridgehead atoms. The van der Waals surface area contributed by atoms with Gasteiger partial charge in [0.2, 0.25) is 12.1 Å². The molecule has 0 spiro atoms. The molecule has 4 amide bonds. The maximum Gasteiger partial charge on any atom is 0.321 e. The van der Waals surface area contributed by atoms with E-state index >= 15 is 0 Å². The van der Waals surface area contributed by atoms with Crippen molar-refractivity contribution in [3.05, 3.63) is 89.5 Å². The second-order valence-corrected chi connectivity index (χ2v) is 10.2. The van der Waals surface area contributed by atoms with Crippen LogP contribution in [-0.4, -0.2) is 67.3 Å². The Morgan fingerprint density at radius 1 is 0.900 bits per heavy atom. The Kier molecular flexibility index (Phi) is 7.82. The molecule has 3 aromatic carbocycles. The number of nitrogens with zero attached hydrogens (tertiary/aromatic N) is 4. The number of urea groups is 1. The highest BCUT2D eigenvalue weighted by Crippen LogP contribution is 2.30. The first-order chi connectivity index (χ1) is 19.3. The molecule has 1 saturated heterocycles. The monoisotopic (exact) mass is 538 g/mol. The smallest absolute Gasteiger partial charge is 0.321 e. The van der Waals surface area contributed by atoms with Crippen LogP contribution < -0.4 is 20.4 Å². The van der Waals surface area contributed by atoms with Gasteiger partial charge in [0.25, 0.3) is 5.91 Å². The number of benzene rings is 3. The normalized spacial score (nSPS) is 17.1. The number of benzodiazepines with no additional fused rings is 1. The van der Waals surface area contributed by atoms with E-state index in [1.54, 1.807) is 11.0 Å². The molecular formula is C31H34N6O3. The third-order valence-corrected chi connectivity index (χ3v) is 7.31. The molecule has 3 aromatic rings. The summed E-state index contributed by atoms with van der Waals surface area (Å²) in [5.41, 5.74) is 5.61. The van der Waals surface area contributed by atoms with Crippen molar-refractivity contribution in [2.24, 2.45) is 4.99 Å². The van der Waals surface area contributed by atoms with Crippen LogP contribution in [0.3, 0.4) is 0 Å². The second-order valence-electron chi connectivity index (χ2n) is 10.2. The zero-order valence-electron chi connectivity index (χ0n) is 23.1. The SMILES string of the molecule is CC1=NC(NC(=O)Nc2cccc(C)c2)C(=O)N(CC(=O)N2CCN(c3ccccc3)CC2)c2c(C)cccc21. The van der Waals surface area contributed by atoms with Crippen LogP contribution in [0.4, 0.5) is 21.9 Å². The number of para-hydroxylation sites is 2. The number of amides is 4. The zero-order chi connectivity index (χ0) is 28.2. The topological polar surface area (TPSA) is 97.3 Å². The summed E-state index contributed by atoms with van der Waals surface area (Å²) < 4.78 is 0. The minimum Gasteiger partial charge on any atom is -0.368 e. The lowest BCUT2D eigenvalue weighted by Crippen LogP contribution is -2.54. The largest absolute Gasteiger partial charge is 0.368 e. The van der Waals surface area contributed by atoms with Crippen LogP contribution in [0.5, 0.6) is 0 Å². The molecule has 0 saturated carbocycles. The Morgan fingerprint density at radius 3 is 2.35 bits per heavy atom. The van der Waals surface area contributed by atoms with Crippen LogP contribution in [0.25, 0.3) is 0 Å². The molecule has 2 aliphatic rings. The Morgan fingerprint density at radius 2 is 1.62 bits per heavy atom. The summed E-state index contributed by atoms with van der Waals surface area (Å²) in [4.78, 5) is 50.4. The fourth-order valence-corrected chi connectivity index (χ4v) is 5.24. The van der Waals surface area contributed by atoms with Gasteiger partial charge in [-0.3, -0.25) is 19.5 Å². The van der Waals surface area contributed by atoms with Gasteiger partial charge in [-0.05, 0) is 56.2 Å². The molecule has 1 unspecified atom stereocenters. The number of nitrogens with one attached hydrogen (secondary N) is 2. The van der Waals surface area contributed by atoms with Gasteiger partial charge in [-0.15, -0.1) is 0 Å². The molecule has 2 heterocycles. The van der Waals surface area contributed by atoms with Crippen molar-refractivity contribution < 1.29 is 14.4 Å². The number of rotatable bonds is 5. The second kappa shape index (κ2) is 11.6. The number of aryl methyl sites for hydroxylation is 2. The minimum atomic E-state index is -1.18. The molecule has 9 nitrogen and oxygen atoms in total. The lowest BCUT2D eigenvalue weighted by molar-refractivity contribution is -0.131. The molecule has 1 fully saturated rings. The number of hydrogen-bond acceptors (Lipinski definition) is 5. The molecule has 9 heteroatoms. The average Bonchev–Trinajstić information content (AvgIpc) is 3.04. The maximum atomic E-state index is 13.9. The van der Waals surface area contributed by atoms with Gasteiger partial charge >= 0.3 is 6.03 Å². The summed E-state index contributed by atoms with van der Waals surface area (Å²) in [6.07, 6.45) is -1.18.